The van der Waals surface area contributed by atoms with Gasteiger partial charge in [-0.25, -0.2) is 0 Å². The van der Waals surface area contributed by atoms with Gasteiger partial charge in [0.2, 0.25) is 0 Å². The van der Waals surface area contributed by atoms with Crippen molar-refractivity contribution in [3.63, 3.8) is 0 Å². The first-order chi connectivity index (χ1) is 27.0. The first-order valence-electron chi connectivity index (χ1n) is 19.1. The van der Waals surface area contributed by atoms with Crippen LogP contribution in [-0.2, 0) is 5.41 Å². The van der Waals surface area contributed by atoms with Crippen LogP contribution in [0.25, 0.3) is 76.9 Å². The highest BCUT2D eigenvalue weighted by Gasteiger charge is 2.36. The normalized spacial score (nSPS) is 13.1. The van der Waals surface area contributed by atoms with E-state index < -0.39 is 0 Å². The van der Waals surface area contributed by atoms with E-state index in [1.165, 1.54) is 49.5 Å². The highest BCUT2D eigenvalue weighted by atomic mass is 16.3. The van der Waals surface area contributed by atoms with Crippen molar-refractivity contribution in [2.75, 3.05) is 4.90 Å². The fourth-order valence-corrected chi connectivity index (χ4v) is 9.17. The zero-order chi connectivity index (χ0) is 36.7. The molecule has 1 heterocycles. The topological polar surface area (TPSA) is 16.4 Å². The van der Waals surface area contributed by atoms with Crippen molar-refractivity contribution in [1.82, 2.24) is 0 Å². The van der Waals surface area contributed by atoms with E-state index in [1.54, 1.807) is 0 Å². The van der Waals surface area contributed by atoms with Gasteiger partial charge < -0.3 is 9.32 Å². The van der Waals surface area contributed by atoms with Gasteiger partial charge in [-0.1, -0.05) is 166 Å². The van der Waals surface area contributed by atoms with E-state index in [4.69, 9.17) is 4.42 Å². The molecule has 9 aromatic carbocycles. The van der Waals surface area contributed by atoms with Crippen LogP contribution in [0.4, 0.5) is 17.1 Å². The van der Waals surface area contributed by atoms with Gasteiger partial charge in [-0.15, -0.1) is 0 Å². The average Bonchev–Trinajstić information content (AvgIpc) is 3.73. The number of hydrogen-bond donors (Lipinski definition) is 0. The molecule has 55 heavy (non-hydrogen) atoms. The summed E-state index contributed by atoms with van der Waals surface area (Å²) in [6, 6.07) is 68.3. The van der Waals surface area contributed by atoms with Crippen molar-refractivity contribution in [2.24, 2.45) is 0 Å². The zero-order valence-corrected chi connectivity index (χ0v) is 30.8. The average molecular weight is 704 g/mol. The predicted molar refractivity (Wildman–Crippen MR) is 232 cm³/mol. The summed E-state index contributed by atoms with van der Waals surface area (Å²) in [5, 5.41) is 7.04. The van der Waals surface area contributed by atoms with Crippen LogP contribution in [0.3, 0.4) is 0 Å². The molecule has 0 unspecified atom stereocenters. The van der Waals surface area contributed by atoms with Crippen LogP contribution in [0.2, 0.25) is 0 Å². The van der Waals surface area contributed by atoms with Gasteiger partial charge in [0.1, 0.15) is 11.2 Å². The smallest absolute Gasteiger partial charge is 0.143 e. The van der Waals surface area contributed by atoms with E-state index in [9.17, 15) is 0 Å². The molecule has 0 radical (unpaired) electrons. The number of hydrogen-bond acceptors (Lipinski definition) is 2. The number of furan rings is 1. The molecule has 0 spiro atoms. The summed E-state index contributed by atoms with van der Waals surface area (Å²) in [5.74, 6) is 0. The number of anilines is 3. The molecule has 1 aliphatic carbocycles. The van der Waals surface area contributed by atoms with Gasteiger partial charge in [0.25, 0.3) is 0 Å². The van der Waals surface area contributed by atoms with Gasteiger partial charge >= 0.3 is 0 Å². The second kappa shape index (κ2) is 12.1. The number of fused-ring (bicyclic) bond motifs is 11. The van der Waals surface area contributed by atoms with Crippen molar-refractivity contribution in [3.05, 3.63) is 199 Å². The maximum Gasteiger partial charge on any atom is 0.143 e. The summed E-state index contributed by atoms with van der Waals surface area (Å²) in [7, 11) is 0. The lowest BCUT2D eigenvalue weighted by atomic mass is 9.82. The lowest BCUT2D eigenvalue weighted by molar-refractivity contribution is 0.660. The van der Waals surface area contributed by atoms with Crippen LogP contribution in [0.15, 0.2) is 192 Å². The maximum atomic E-state index is 7.03. The summed E-state index contributed by atoms with van der Waals surface area (Å²) < 4.78 is 7.03. The standard InChI is InChI=1S/C53H37NO/c1-53(2)47-24-14-13-21-41(47)42-30-29-38(31-48(42)53)54(37-27-25-35(26-28-37)34-15-5-3-6-16-34)49-33-50-46(32-45(49)36-17-7-4-8-18-36)51-43-22-11-9-19-39(43)40-20-10-12-23-44(40)52(51)55-50/h3-33H,1-2H3. The Morgan fingerprint density at radius 1 is 0.400 bits per heavy atom. The molecule has 0 N–H and O–H groups in total. The minimum absolute atomic E-state index is 0.141. The molecular formula is C53H37NO. The predicted octanol–water partition coefficient (Wildman–Crippen LogP) is 15.0. The molecule has 1 aromatic heterocycles. The summed E-state index contributed by atoms with van der Waals surface area (Å²) in [5.41, 5.74) is 14.9. The van der Waals surface area contributed by atoms with Crippen molar-refractivity contribution in [1.29, 1.82) is 0 Å². The van der Waals surface area contributed by atoms with E-state index in [1.807, 2.05) is 0 Å². The maximum absolute atomic E-state index is 7.03. The van der Waals surface area contributed by atoms with Gasteiger partial charge in [0.15, 0.2) is 0 Å². The van der Waals surface area contributed by atoms with Crippen LogP contribution in [0.5, 0.6) is 0 Å². The summed E-state index contributed by atoms with van der Waals surface area (Å²) in [6.07, 6.45) is 0. The van der Waals surface area contributed by atoms with E-state index in [-0.39, 0.29) is 5.41 Å². The highest BCUT2D eigenvalue weighted by molar-refractivity contribution is 6.30. The van der Waals surface area contributed by atoms with Crippen LogP contribution in [-0.4, -0.2) is 0 Å². The molecular weight excluding hydrogens is 667 g/mol. The molecule has 0 atom stereocenters. The summed E-state index contributed by atoms with van der Waals surface area (Å²) >= 11 is 0. The SMILES string of the molecule is CC1(C)c2ccccc2-c2ccc(N(c3ccc(-c4ccccc4)cc3)c3cc4oc5c6ccccc6c6ccccc6c5c4cc3-c3ccccc3)cc21. The van der Waals surface area contributed by atoms with Gasteiger partial charge in [-0.05, 0) is 85.4 Å². The number of benzene rings is 9. The Morgan fingerprint density at radius 3 is 1.71 bits per heavy atom. The quantitative estimate of drug-likeness (QED) is 0.166. The van der Waals surface area contributed by atoms with Gasteiger partial charge in [0.05, 0.1) is 5.69 Å². The number of nitrogens with zero attached hydrogens (tertiary/aromatic N) is 1. The molecule has 2 heteroatoms. The Kier molecular flexibility index (Phi) is 6.93. The second-order valence-corrected chi connectivity index (χ2v) is 15.3. The van der Waals surface area contributed by atoms with Crippen molar-refractivity contribution < 1.29 is 4.42 Å². The van der Waals surface area contributed by atoms with E-state index in [2.05, 4.69) is 207 Å². The summed E-state index contributed by atoms with van der Waals surface area (Å²) in [4.78, 5) is 2.43. The Labute approximate surface area is 320 Å². The molecule has 0 bridgehead atoms. The molecule has 2 nitrogen and oxygen atoms in total. The van der Waals surface area contributed by atoms with Gasteiger partial charge in [-0.2, -0.15) is 0 Å². The fourth-order valence-electron chi connectivity index (χ4n) is 9.17. The molecule has 260 valence electrons. The second-order valence-electron chi connectivity index (χ2n) is 15.3. The Bertz CT molecular complexity index is 3100. The van der Waals surface area contributed by atoms with E-state index >= 15 is 0 Å². The van der Waals surface area contributed by atoms with Crippen LogP contribution in [0, 0.1) is 0 Å². The molecule has 0 aliphatic heterocycles. The Hall–Kier alpha value is -6.90. The summed E-state index contributed by atoms with van der Waals surface area (Å²) in [6.45, 7) is 4.70. The molecule has 11 rings (SSSR count). The molecule has 0 saturated heterocycles. The lowest BCUT2D eigenvalue weighted by Gasteiger charge is -2.30. The van der Waals surface area contributed by atoms with Crippen molar-refractivity contribution in [2.45, 2.75) is 19.3 Å². The van der Waals surface area contributed by atoms with E-state index in [0.717, 1.165) is 55.5 Å². The Balaban J connectivity index is 1.21. The minimum Gasteiger partial charge on any atom is -0.455 e. The lowest BCUT2D eigenvalue weighted by Crippen LogP contribution is -2.17. The molecule has 0 fully saturated rings. The third-order valence-electron chi connectivity index (χ3n) is 11.8. The van der Waals surface area contributed by atoms with Crippen LogP contribution >= 0.6 is 0 Å². The van der Waals surface area contributed by atoms with Crippen molar-refractivity contribution >= 4 is 60.5 Å². The zero-order valence-electron chi connectivity index (χ0n) is 30.8. The highest BCUT2D eigenvalue weighted by Crippen LogP contribution is 2.52. The van der Waals surface area contributed by atoms with Crippen LogP contribution in [0.1, 0.15) is 25.0 Å². The molecule has 10 aromatic rings. The number of rotatable bonds is 5. The van der Waals surface area contributed by atoms with Gasteiger partial charge in [-0.3, -0.25) is 0 Å². The minimum atomic E-state index is -0.141. The molecule has 1 aliphatic rings. The first-order valence-corrected chi connectivity index (χ1v) is 19.1. The van der Waals surface area contributed by atoms with Gasteiger partial charge in [0, 0.05) is 44.6 Å². The third kappa shape index (κ3) is 4.81. The van der Waals surface area contributed by atoms with E-state index in [0.29, 0.717) is 0 Å². The monoisotopic (exact) mass is 703 g/mol. The third-order valence-corrected chi connectivity index (χ3v) is 11.8. The first kappa shape index (κ1) is 31.6. The fraction of sp³-hybridized carbons (Fsp3) is 0.0566. The van der Waals surface area contributed by atoms with Crippen LogP contribution < -0.4 is 4.90 Å². The Morgan fingerprint density at radius 2 is 0.964 bits per heavy atom. The van der Waals surface area contributed by atoms with Crippen molar-refractivity contribution in [3.8, 4) is 33.4 Å². The molecule has 0 saturated carbocycles. The molecule has 0 amide bonds. The largest absolute Gasteiger partial charge is 0.455 e.